The van der Waals surface area contributed by atoms with Crippen LogP contribution < -0.4 is 15.4 Å². The summed E-state index contributed by atoms with van der Waals surface area (Å²) in [6.07, 6.45) is 1.85. The Hall–Kier alpha value is -4.07. The lowest BCUT2D eigenvalue weighted by atomic mass is 10.1. The number of anilines is 1. The number of carbonyl (C=O) groups excluding carboxylic acids is 1. The molecule has 0 fully saturated rings. The van der Waals surface area contributed by atoms with Crippen LogP contribution in [-0.4, -0.2) is 27.7 Å². The maximum absolute atomic E-state index is 12.5. The summed E-state index contributed by atoms with van der Waals surface area (Å²) >= 11 is 0. The summed E-state index contributed by atoms with van der Waals surface area (Å²) in [6.45, 7) is 0.228. The molecule has 8 nitrogen and oxygen atoms in total. The zero-order chi connectivity index (χ0) is 19.8. The van der Waals surface area contributed by atoms with Gasteiger partial charge in [-0.15, -0.1) is 10.2 Å². The number of amides is 2. The van der Waals surface area contributed by atoms with Crippen molar-refractivity contribution < 1.29 is 13.9 Å². The molecule has 0 unspecified atom stereocenters. The Morgan fingerprint density at radius 1 is 1.07 bits per heavy atom. The molecule has 0 atom stereocenters. The molecule has 144 valence electrons. The highest BCUT2D eigenvalue weighted by Gasteiger charge is 2.14. The minimum atomic E-state index is -0.383. The van der Waals surface area contributed by atoms with E-state index >= 15 is 0 Å². The van der Waals surface area contributed by atoms with Crippen LogP contribution in [0.1, 0.15) is 5.82 Å². The molecule has 2 N–H and O–H groups in total. The lowest BCUT2D eigenvalue weighted by Crippen LogP contribution is -2.29. The Labute approximate surface area is 165 Å². The second-order valence-electron chi connectivity index (χ2n) is 6.50. The molecule has 0 saturated heterocycles. The number of urea groups is 1. The second kappa shape index (κ2) is 6.83. The number of fused-ring (bicyclic) bond motifs is 4. The maximum Gasteiger partial charge on any atom is 0.319 e. The number of para-hydroxylation sites is 1. The molecule has 8 heteroatoms. The van der Waals surface area contributed by atoms with Crippen molar-refractivity contribution in [3.63, 3.8) is 0 Å². The third-order valence-electron chi connectivity index (χ3n) is 4.74. The molecule has 2 amide bonds. The molecule has 3 heterocycles. The van der Waals surface area contributed by atoms with Gasteiger partial charge < -0.3 is 19.8 Å². The Bertz CT molecular complexity index is 1350. The zero-order valence-electron chi connectivity index (χ0n) is 15.5. The molecular weight excluding hydrogens is 370 g/mol. The molecule has 0 bridgehead atoms. The van der Waals surface area contributed by atoms with Crippen LogP contribution in [0.2, 0.25) is 0 Å². The summed E-state index contributed by atoms with van der Waals surface area (Å²) in [4.78, 5) is 12.5. The number of aromatic nitrogens is 3. The van der Waals surface area contributed by atoms with Crippen LogP contribution in [-0.2, 0) is 6.54 Å². The first-order valence-electron chi connectivity index (χ1n) is 9.06. The van der Waals surface area contributed by atoms with Crippen molar-refractivity contribution in [2.24, 2.45) is 0 Å². The standard InChI is InChI=1S/C21H17N5O3/c1-28-18-10-14-13-6-2-3-7-16(13)29-17(14)11-15(18)23-21(27)22-12-20-25-24-19-8-4-5-9-26(19)20/h2-11H,12H2,1H3,(H2,22,23,27). The van der Waals surface area contributed by atoms with Crippen LogP contribution in [0.25, 0.3) is 27.6 Å². The molecule has 29 heavy (non-hydrogen) atoms. The van der Waals surface area contributed by atoms with Crippen LogP contribution in [0.4, 0.5) is 10.5 Å². The molecular formula is C21H17N5O3. The molecule has 5 rings (SSSR count). The minimum Gasteiger partial charge on any atom is -0.495 e. The highest BCUT2D eigenvalue weighted by molar-refractivity contribution is 6.07. The van der Waals surface area contributed by atoms with Gasteiger partial charge in [-0.05, 0) is 24.3 Å². The van der Waals surface area contributed by atoms with Crippen molar-refractivity contribution in [2.75, 3.05) is 12.4 Å². The van der Waals surface area contributed by atoms with Gasteiger partial charge in [0, 0.05) is 23.0 Å². The first-order chi connectivity index (χ1) is 14.2. The summed E-state index contributed by atoms with van der Waals surface area (Å²) < 4.78 is 13.2. The van der Waals surface area contributed by atoms with E-state index in [1.165, 1.54) is 0 Å². The van der Waals surface area contributed by atoms with E-state index in [1.54, 1.807) is 13.2 Å². The third-order valence-corrected chi connectivity index (χ3v) is 4.74. The van der Waals surface area contributed by atoms with Gasteiger partial charge in [0.05, 0.1) is 19.3 Å². The molecule has 0 aliphatic carbocycles. The molecule has 0 aliphatic rings. The first kappa shape index (κ1) is 17.1. The normalized spacial score (nSPS) is 11.2. The number of benzene rings is 2. The summed E-state index contributed by atoms with van der Waals surface area (Å²) in [6, 6.07) is 16.6. The minimum absolute atomic E-state index is 0.228. The lowest BCUT2D eigenvalue weighted by molar-refractivity contribution is 0.251. The molecule has 0 aliphatic heterocycles. The van der Waals surface area contributed by atoms with Crippen molar-refractivity contribution in [2.45, 2.75) is 6.54 Å². The fraction of sp³-hybridized carbons (Fsp3) is 0.0952. The molecule has 5 aromatic rings. The van der Waals surface area contributed by atoms with Gasteiger partial charge in [-0.1, -0.05) is 24.3 Å². The van der Waals surface area contributed by atoms with Crippen LogP contribution in [0, 0.1) is 0 Å². The van der Waals surface area contributed by atoms with E-state index in [9.17, 15) is 4.79 Å². The molecule has 0 saturated carbocycles. The fourth-order valence-corrected chi connectivity index (χ4v) is 3.36. The Morgan fingerprint density at radius 3 is 2.83 bits per heavy atom. The Balaban J connectivity index is 1.38. The third kappa shape index (κ3) is 3.00. The van der Waals surface area contributed by atoms with Gasteiger partial charge in [0.15, 0.2) is 11.5 Å². The summed E-state index contributed by atoms with van der Waals surface area (Å²) in [5.41, 5.74) is 2.69. The fourth-order valence-electron chi connectivity index (χ4n) is 3.36. The second-order valence-corrected chi connectivity index (χ2v) is 6.50. The summed E-state index contributed by atoms with van der Waals surface area (Å²) in [7, 11) is 1.56. The van der Waals surface area contributed by atoms with Gasteiger partial charge in [0.2, 0.25) is 0 Å². The topological polar surface area (TPSA) is 93.7 Å². The molecule has 0 spiro atoms. The number of furan rings is 1. The number of hydrogen-bond donors (Lipinski definition) is 2. The van der Waals surface area contributed by atoms with Crippen LogP contribution in [0.5, 0.6) is 5.75 Å². The number of nitrogens with zero attached hydrogens (tertiary/aromatic N) is 3. The SMILES string of the molecule is COc1cc2c(cc1NC(=O)NCc1nnc3ccccn13)oc1ccccc12. The average Bonchev–Trinajstić information content (AvgIpc) is 3.32. The van der Waals surface area contributed by atoms with E-state index in [2.05, 4.69) is 20.8 Å². The van der Waals surface area contributed by atoms with E-state index in [0.29, 0.717) is 22.8 Å². The number of methoxy groups -OCH3 is 1. The van der Waals surface area contributed by atoms with E-state index in [4.69, 9.17) is 9.15 Å². The van der Waals surface area contributed by atoms with Crippen molar-refractivity contribution in [1.29, 1.82) is 0 Å². The van der Waals surface area contributed by atoms with Crippen molar-refractivity contribution in [3.8, 4) is 5.75 Å². The quantitative estimate of drug-likeness (QED) is 0.487. The highest BCUT2D eigenvalue weighted by Crippen LogP contribution is 2.36. The van der Waals surface area contributed by atoms with Crippen molar-refractivity contribution >= 4 is 39.3 Å². The number of ether oxygens (including phenoxy) is 1. The first-order valence-corrected chi connectivity index (χ1v) is 9.06. The van der Waals surface area contributed by atoms with Gasteiger partial charge in [0.1, 0.15) is 16.9 Å². The Morgan fingerprint density at radius 2 is 1.93 bits per heavy atom. The van der Waals surface area contributed by atoms with Gasteiger partial charge in [-0.3, -0.25) is 4.40 Å². The number of hydrogen-bond acceptors (Lipinski definition) is 5. The molecule has 0 radical (unpaired) electrons. The van der Waals surface area contributed by atoms with E-state index in [0.717, 1.165) is 22.0 Å². The summed E-state index contributed by atoms with van der Waals surface area (Å²) in [5, 5.41) is 15.7. The molecule has 3 aromatic heterocycles. The number of nitrogens with one attached hydrogen (secondary N) is 2. The smallest absolute Gasteiger partial charge is 0.319 e. The predicted molar refractivity (Wildman–Crippen MR) is 109 cm³/mol. The Kier molecular flexibility index (Phi) is 4.02. The number of rotatable bonds is 4. The van der Waals surface area contributed by atoms with Gasteiger partial charge in [-0.25, -0.2) is 4.79 Å². The van der Waals surface area contributed by atoms with Crippen LogP contribution in [0.15, 0.2) is 65.2 Å². The van der Waals surface area contributed by atoms with Crippen LogP contribution in [0.3, 0.4) is 0 Å². The van der Waals surface area contributed by atoms with E-state index in [-0.39, 0.29) is 12.6 Å². The van der Waals surface area contributed by atoms with Gasteiger partial charge >= 0.3 is 6.03 Å². The number of carbonyl (C=O) groups is 1. The van der Waals surface area contributed by atoms with Crippen molar-refractivity contribution in [3.05, 3.63) is 66.6 Å². The maximum atomic E-state index is 12.5. The van der Waals surface area contributed by atoms with Crippen molar-refractivity contribution in [1.82, 2.24) is 19.9 Å². The molecule has 2 aromatic carbocycles. The monoisotopic (exact) mass is 387 g/mol. The highest BCUT2D eigenvalue weighted by atomic mass is 16.5. The zero-order valence-corrected chi connectivity index (χ0v) is 15.5. The largest absolute Gasteiger partial charge is 0.495 e. The predicted octanol–water partition coefficient (Wildman–Crippen LogP) is 3.96. The average molecular weight is 387 g/mol. The van der Waals surface area contributed by atoms with Gasteiger partial charge in [-0.2, -0.15) is 0 Å². The van der Waals surface area contributed by atoms with Crippen LogP contribution >= 0.6 is 0 Å². The van der Waals surface area contributed by atoms with Gasteiger partial charge in [0.25, 0.3) is 0 Å². The summed E-state index contributed by atoms with van der Waals surface area (Å²) in [5.74, 6) is 1.18. The number of pyridine rings is 1. The van der Waals surface area contributed by atoms with E-state index < -0.39 is 0 Å². The lowest BCUT2D eigenvalue weighted by Gasteiger charge is -2.11. The van der Waals surface area contributed by atoms with E-state index in [1.807, 2.05) is 59.1 Å².